The molecule has 0 aliphatic carbocycles. The molecule has 1 fully saturated rings. The van der Waals surface area contributed by atoms with Crippen LogP contribution in [0.15, 0.2) is 18.3 Å². The molecule has 1 atom stereocenters. The highest BCUT2D eigenvalue weighted by molar-refractivity contribution is 5.98. The number of ether oxygens (including phenoxy) is 1. The molecule has 0 spiro atoms. The SMILES string of the molecule is Nc1ncccc1C(=O)NC1CCCOC1. The van der Waals surface area contributed by atoms with Gasteiger partial charge in [0.1, 0.15) is 5.82 Å². The minimum Gasteiger partial charge on any atom is -0.383 e. The smallest absolute Gasteiger partial charge is 0.255 e. The van der Waals surface area contributed by atoms with Crippen LogP contribution in [0.1, 0.15) is 23.2 Å². The molecule has 1 aromatic rings. The van der Waals surface area contributed by atoms with Crippen molar-refractivity contribution in [1.29, 1.82) is 0 Å². The number of amides is 1. The molecule has 0 radical (unpaired) electrons. The van der Waals surface area contributed by atoms with Crippen LogP contribution in [0, 0.1) is 0 Å². The molecule has 5 nitrogen and oxygen atoms in total. The molecule has 1 aliphatic heterocycles. The van der Waals surface area contributed by atoms with Gasteiger partial charge in [-0.05, 0) is 25.0 Å². The minimum atomic E-state index is -0.180. The lowest BCUT2D eigenvalue weighted by Gasteiger charge is -2.23. The lowest BCUT2D eigenvalue weighted by atomic mass is 10.1. The quantitative estimate of drug-likeness (QED) is 0.765. The van der Waals surface area contributed by atoms with Gasteiger partial charge >= 0.3 is 0 Å². The number of nitrogens with zero attached hydrogens (tertiary/aromatic N) is 1. The summed E-state index contributed by atoms with van der Waals surface area (Å²) in [6.07, 6.45) is 3.50. The van der Waals surface area contributed by atoms with E-state index in [-0.39, 0.29) is 17.8 Å². The molecule has 1 aliphatic rings. The Labute approximate surface area is 94.0 Å². The molecule has 2 rings (SSSR count). The molecule has 2 heterocycles. The number of nitrogens with one attached hydrogen (secondary N) is 1. The number of nitrogen functional groups attached to an aromatic ring is 1. The van der Waals surface area contributed by atoms with Gasteiger partial charge in [-0.15, -0.1) is 0 Å². The number of rotatable bonds is 2. The van der Waals surface area contributed by atoms with E-state index >= 15 is 0 Å². The van der Waals surface area contributed by atoms with Gasteiger partial charge in [0, 0.05) is 12.8 Å². The summed E-state index contributed by atoms with van der Waals surface area (Å²) < 4.78 is 5.29. The van der Waals surface area contributed by atoms with Gasteiger partial charge in [-0.25, -0.2) is 4.98 Å². The third-order valence-corrected chi connectivity index (χ3v) is 2.58. The van der Waals surface area contributed by atoms with Gasteiger partial charge in [0.2, 0.25) is 0 Å². The molecule has 86 valence electrons. The fourth-order valence-corrected chi connectivity index (χ4v) is 1.73. The fourth-order valence-electron chi connectivity index (χ4n) is 1.73. The summed E-state index contributed by atoms with van der Waals surface area (Å²) in [5.74, 6) is 0.0813. The molecule has 1 unspecified atom stereocenters. The van der Waals surface area contributed by atoms with Gasteiger partial charge in [0.05, 0.1) is 18.2 Å². The molecule has 1 saturated heterocycles. The maximum atomic E-state index is 11.8. The number of nitrogens with two attached hydrogens (primary N) is 1. The van der Waals surface area contributed by atoms with E-state index in [9.17, 15) is 4.79 Å². The van der Waals surface area contributed by atoms with Crippen molar-refractivity contribution in [3.63, 3.8) is 0 Å². The van der Waals surface area contributed by atoms with Crippen molar-refractivity contribution in [1.82, 2.24) is 10.3 Å². The Balaban J connectivity index is 2.00. The van der Waals surface area contributed by atoms with Crippen molar-refractivity contribution in [2.24, 2.45) is 0 Å². The van der Waals surface area contributed by atoms with Gasteiger partial charge in [-0.2, -0.15) is 0 Å². The Bertz CT molecular complexity index is 375. The molecular weight excluding hydrogens is 206 g/mol. The largest absolute Gasteiger partial charge is 0.383 e. The lowest BCUT2D eigenvalue weighted by molar-refractivity contribution is 0.0624. The Morgan fingerprint density at radius 2 is 2.50 bits per heavy atom. The average molecular weight is 221 g/mol. The zero-order chi connectivity index (χ0) is 11.4. The zero-order valence-corrected chi connectivity index (χ0v) is 8.98. The summed E-state index contributed by atoms with van der Waals surface area (Å²) in [6.45, 7) is 1.35. The highest BCUT2D eigenvalue weighted by Crippen LogP contribution is 2.10. The van der Waals surface area contributed by atoms with Crippen LogP contribution in [0.2, 0.25) is 0 Å². The summed E-state index contributed by atoms with van der Waals surface area (Å²) in [5, 5.41) is 2.89. The fraction of sp³-hybridized carbons (Fsp3) is 0.455. The predicted molar refractivity (Wildman–Crippen MR) is 60.0 cm³/mol. The summed E-state index contributed by atoms with van der Waals surface area (Å²) in [6, 6.07) is 3.45. The molecule has 0 aromatic carbocycles. The number of carbonyl (C=O) groups is 1. The van der Waals surface area contributed by atoms with Crippen molar-refractivity contribution >= 4 is 11.7 Å². The van der Waals surface area contributed by atoms with E-state index in [1.807, 2.05) is 0 Å². The first-order valence-corrected chi connectivity index (χ1v) is 5.36. The lowest BCUT2D eigenvalue weighted by Crippen LogP contribution is -2.40. The summed E-state index contributed by atoms with van der Waals surface area (Å²) in [7, 11) is 0. The summed E-state index contributed by atoms with van der Waals surface area (Å²) in [5.41, 5.74) is 6.05. The van der Waals surface area contributed by atoms with Gasteiger partial charge in [0.15, 0.2) is 0 Å². The maximum absolute atomic E-state index is 11.8. The Morgan fingerprint density at radius 1 is 1.62 bits per heavy atom. The van der Waals surface area contributed by atoms with Crippen molar-refractivity contribution in [3.8, 4) is 0 Å². The molecular formula is C11H15N3O2. The van der Waals surface area contributed by atoms with Crippen molar-refractivity contribution in [2.45, 2.75) is 18.9 Å². The monoisotopic (exact) mass is 221 g/mol. The van der Waals surface area contributed by atoms with Gasteiger partial charge < -0.3 is 15.8 Å². The Hall–Kier alpha value is -1.62. The number of anilines is 1. The maximum Gasteiger partial charge on any atom is 0.255 e. The highest BCUT2D eigenvalue weighted by atomic mass is 16.5. The third kappa shape index (κ3) is 2.49. The van der Waals surface area contributed by atoms with Gasteiger partial charge in [-0.1, -0.05) is 0 Å². The van der Waals surface area contributed by atoms with E-state index < -0.39 is 0 Å². The molecule has 0 bridgehead atoms. The van der Waals surface area contributed by atoms with Crippen LogP contribution in [-0.4, -0.2) is 30.1 Å². The summed E-state index contributed by atoms with van der Waals surface area (Å²) >= 11 is 0. The van der Waals surface area contributed by atoms with E-state index in [1.54, 1.807) is 18.3 Å². The minimum absolute atomic E-state index is 0.0841. The van der Waals surface area contributed by atoms with E-state index in [4.69, 9.17) is 10.5 Å². The molecule has 1 aromatic heterocycles. The first-order valence-electron chi connectivity index (χ1n) is 5.36. The number of aromatic nitrogens is 1. The zero-order valence-electron chi connectivity index (χ0n) is 8.98. The first-order chi connectivity index (χ1) is 7.77. The second-order valence-corrected chi connectivity index (χ2v) is 3.82. The standard InChI is InChI=1S/C11H15N3O2/c12-10-9(4-1-5-13-10)11(15)14-8-3-2-6-16-7-8/h1,4-5,8H,2-3,6-7H2,(H2,12,13)(H,14,15). The van der Waals surface area contributed by atoms with Crippen LogP contribution < -0.4 is 11.1 Å². The van der Waals surface area contributed by atoms with E-state index in [1.165, 1.54) is 0 Å². The van der Waals surface area contributed by atoms with Crippen LogP contribution >= 0.6 is 0 Å². The molecule has 16 heavy (non-hydrogen) atoms. The van der Waals surface area contributed by atoms with Crippen molar-refractivity contribution in [3.05, 3.63) is 23.9 Å². The van der Waals surface area contributed by atoms with E-state index in [0.29, 0.717) is 12.2 Å². The highest BCUT2D eigenvalue weighted by Gasteiger charge is 2.18. The van der Waals surface area contributed by atoms with E-state index in [2.05, 4.69) is 10.3 Å². The van der Waals surface area contributed by atoms with Crippen molar-refractivity contribution in [2.75, 3.05) is 18.9 Å². The average Bonchev–Trinajstić information content (AvgIpc) is 2.31. The number of hydrogen-bond acceptors (Lipinski definition) is 4. The third-order valence-electron chi connectivity index (χ3n) is 2.58. The Morgan fingerprint density at radius 3 is 3.19 bits per heavy atom. The van der Waals surface area contributed by atoms with E-state index in [0.717, 1.165) is 19.4 Å². The molecule has 0 saturated carbocycles. The molecule has 1 amide bonds. The topological polar surface area (TPSA) is 77.2 Å². The number of carbonyl (C=O) groups excluding carboxylic acids is 1. The second kappa shape index (κ2) is 4.94. The van der Waals surface area contributed by atoms with Crippen LogP contribution in [0.5, 0.6) is 0 Å². The van der Waals surface area contributed by atoms with Gasteiger partial charge in [-0.3, -0.25) is 4.79 Å². The van der Waals surface area contributed by atoms with Crippen LogP contribution in [0.25, 0.3) is 0 Å². The summed E-state index contributed by atoms with van der Waals surface area (Å²) in [4.78, 5) is 15.7. The van der Waals surface area contributed by atoms with Gasteiger partial charge in [0.25, 0.3) is 5.91 Å². The van der Waals surface area contributed by atoms with Crippen LogP contribution in [0.3, 0.4) is 0 Å². The normalized spacial score (nSPS) is 20.4. The molecule has 5 heteroatoms. The van der Waals surface area contributed by atoms with Crippen molar-refractivity contribution < 1.29 is 9.53 Å². The first kappa shape index (κ1) is 10.9. The molecule has 3 N–H and O–H groups in total. The predicted octanol–water partition coefficient (Wildman–Crippen LogP) is 0.573. The Kier molecular flexibility index (Phi) is 3.36. The second-order valence-electron chi connectivity index (χ2n) is 3.82. The van der Waals surface area contributed by atoms with Crippen LogP contribution in [-0.2, 0) is 4.74 Å². The van der Waals surface area contributed by atoms with Crippen LogP contribution in [0.4, 0.5) is 5.82 Å². The number of hydrogen-bond donors (Lipinski definition) is 2. The number of pyridine rings is 1.